The van der Waals surface area contributed by atoms with Crippen molar-refractivity contribution >= 4 is 11.7 Å². The summed E-state index contributed by atoms with van der Waals surface area (Å²) in [5.41, 5.74) is 4.65. The predicted octanol–water partition coefficient (Wildman–Crippen LogP) is 2.70. The van der Waals surface area contributed by atoms with E-state index < -0.39 is 5.41 Å². The number of aliphatic imine (C=N–C) groups is 1. The first-order chi connectivity index (χ1) is 11.7. The van der Waals surface area contributed by atoms with Gasteiger partial charge in [0.25, 0.3) is 5.91 Å². The highest BCUT2D eigenvalue weighted by Crippen LogP contribution is 2.48. The summed E-state index contributed by atoms with van der Waals surface area (Å²) < 4.78 is 0. The molecule has 1 aliphatic heterocycles. The lowest BCUT2D eigenvalue weighted by atomic mass is 9.74. The van der Waals surface area contributed by atoms with E-state index in [0.717, 1.165) is 35.4 Å². The molecule has 3 aliphatic rings. The molecule has 24 heavy (non-hydrogen) atoms. The van der Waals surface area contributed by atoms with E-state index in [0.29, 0.717) is 11.8 Å². The number of hydrogen-bond donors (Lipinski definition) is 1. The molecule has 0 unspecified atom stereocenters. The summed E-state index contributed by atoms with van der Waals surface area (Å²) in [6.07, 6.45) is 4.08. The lowest BCUT2D eigenvalue weighted by Crippen LogP contribution is -2.43. The Morgan fingerprint density at radius 3 is 2.79 bits per heavy atom. The van der Waals surface area contributed by atoms with Crippen molar-refractivity contribution in [3.8, 4) is 0 Å². The highest BCUT2D eigenvalue weighted by atomic mass is 16.1. The fraction of sp³-hybridized carbons (Fsp3) is 0.350. The molecule has 4 nitrogen and oxygen atoms in total. The van der Waals surface area contributed by atoms with Gasteiger partial charge >= 0.3 is 0 Å². The summed E-state index contributed by atoms with van der Waals surface area (Å²) in [5, 5.41) is 3.07. The maximum atomic E-state index is 13.1. The van der Waals surface area contributed by atoms with Crippen molar-refractivity contribution in [2.24, 2.45) is 4.99 Å². The second kappa shape index (κ2) is 4.76. The molecule has 2 heterocycles. The van der Waals surface area contributed by atoms with Crippen LogP contribution in [-0.2, 0) is 16.6 Å². The van der Waals surface area contributed by atoms with Gasteiger partial charge in [0.1, 0.15) is 11.3 Å². The Bertz CT molecular complexity index is 898. The molecule has 1 atom stereocenters. The number of benzene rings is 1. The van der Waals surface area contributed by atoms with Crippen molar-refractivity contribution in [1.29, 1.82) is 0 Å². The van der Waals surface area contributed by atoms with E-state index in [1.165, 1.54) is 18.4 Å². The van der Waals surface area contributed by atoms with E-state index in [2.05, 4.69) is 34.6 Å². The van der Waals surface area contributed by atoms with Crippen LogP contribution in [0.4, 0.5) is 0 Å². The second-order valence-electron chi connectivity index (χ2n) is 6.98. The molecule has 1 saturated carbocycles. The summed E-state index contributed by atoms with van der Waals surface area (Å²) >= 11 is 0. The number of nitrogens with zero attached hydrogens (tertiary/aromatic N) is 2. The van der Waals surface area contributed by atoms with Gasteiger partial charge in [0.2, 0.25) is 0 Å². The number of pyridine rings is 1. The molecule has 2 aromatic rings. The molecule has 1 fully saturated rings. The van der Waals surface area contributed by atoms with Crippen LogP contribution in [0.1, 0.15) is 53.3 Å². The molecule has 2 aliphatic carbocycles. The van der Waals surface area contributed by atoms with Gasteiger partial charge in [0.15, 0.2) is 0 Å². The molecule has 4 heteroatoms. The molecule has 5 rings (SSSR count). The Hall–Kier alpha value is -2.49. The maximum Gasteiger partial charge on any atom is 0.264 e. The quantitative estimate of drug-likeness (QED) is 0.880. The Labute approximate surface area is 141 Å². The third-order valence-corrected chi connectivity index (χ3v) is 5.63. The first kappa shape index (κ1) is 13.9. The SMILES string of the molecule is CNC1=NC(=O)[C@]2(CCc3ccccc32)c2nc(C3CC3)ccc21. The van der Waals surface area contributed by atoms with Crippen LogP contribution in [0.25, 0.3) is 0 Å². The average molecular weight is 317 g/mol. The first-order valence-electron chi connectivity index (χ1n) is 8.65. The number of carbonyl (C=O) groups is 1. The number of fused-ring (bicyclic) bond motifs is 4. The van der Waals surface area contributed by atoms with E-state index >= 15 is 0 Å². The van der Waals surface area contributed by atoms with Crippen LogP contribution in [0.15, 0.2) is 41.4 Å². The van der Waals surface area contributed by atoms with E-state index in [4.69, 9.17) is 4.98 Å². The number of amides is 1. The molecule has 0 radical (unpaired) electrons. The lowest BCUT2D eigenvalue weighted by molar-refractivity contribution is -0.122. The number of amidine groups is 1. The first-order valence-corrected chi connectivity index (χ1v) is 8.65. The van der Waals surface area contributed by atoms with E-state index in [9.17, 15) is 4.79 Å². The number of aryl methyl sites for hydroxylation is 1. The van der Waals surface area contributed by atoms with Gasteiger partial charge in [-0.05, 0) is 48.9 Å². The zero-order valence-corrected chi connectivity index (χ0v) is 13.7. The minimum Gasteiger partial charge on any atom is -0.372 e. The van der Waals surface area contributed by atoms with Crippen LogP contribution in [-0.4, -0.2) is 23.8 Å². The van der Waals surface area contributed by atoms with Crippen LogP contribution in [0.5, 0.6) is 0 Å². The van der Waals surface area contributed by atoms with Gasteiger partial charge in [-0.3, -0.25) is 9.78 Å². The standard InChI is InChI=1S/C20H19N3O/c1-21-18-14-8-9-16(13-6-7-13)22-17(14)20(19(24)23-18)11-10-12-4-2-3-5-15(12)20/h2-5,8-9,13H,6-7,10-11H2,1H3,(H,21,23,24)/t20-/m0/s1. The van der Waals surface area contributed by atoms with Crippen LogP contribution in [0, 0.1) is 0 Å². The Balaban J connectivity index is 1.80. The minimum atomic E-state index is -0.697. The number of rotatable bonds is 1. The molecule has 120 valence electrons. The lowest BCUT2D eigenvalue weighted by Gasteiger charge is -2.32. The third kappa shape index (κ3) is 1.71. The summed E-state index contributed by atoms with van der Waals surface area (Å²) in [4.78, 5) is 22.6. The van der Waals surface area contributed by atoms with Gasteiger partial charge in [-0.25, -0.2) is 0 Å². The predicted molar refractivity (Wildman–Crippen MR) is 92.4 cm³/mol. The number of aromatic nitrogens is 1. The summed E-state index contributed by atoms with van der Waals surface area (Å²) in [5.74, 6) is 1.13. The van der Waals surface area contributed by atoms with Crippen molar-refractivity contribution in [2.75, 3.05) is 7.05 Å². The number of nitrogens with one attached hydrogen (secondary N) is 1. The second-order valence-corrected chi connectivity index (χ2v) is 6.98. The van der Waals surface area contributed by atoms with E-state index in [1.807, 2.05) is 19.2 Å². The van der Waals surface area contributed by atoms with Crippen LogP contribution < -0.4 is 5.32 Å². The highest BCUT2D eigenvalue weighted by Gasteiger charge is 2.51. The fourth-order valence-electron chi connectivity index (χ4n) is 4.23. The maximum absolute atomic E-state index is 13.1. The highest BCUT2D eigenvalue weighted by molar-refractivity contribution is 6.13. The van der Waals surface area contributed by atoms with E-state index in [-0.39, 0.29) is 5.91 Å². The molecule has 1 aromatic carbocycles. The zero-order valence-electron chi connectivity index (χ0n) is 13.7. The van der Waals surface area contributed by atoms with Crippen molar-refractivity contribution < 1.29 is 4.79 Å². The van der Waals surface area contributed by atoms with Gasteiger partial charge in [-0.15, -0.1) is 0 Å². The minimum absolute atomic E-state index is 0.0789. The smallest absolute Gasteiger partial charge is 0.264 e. The Morgan fingerprint density at radius 2 is 2.00 bits per heavy atom. The van der Waals surface area contributed by atoms with Crippen LogP contribution in [0.2, 0.25) is 0 Å². The van der Waals surface area contributed by atoms with Gasteiger partial charge in [-0.1, -0.05) is 24.3 Å². The molecular weight excluding hydrogens is 298 g/mol. The molecule has 1 N–H and O–H groups in total. The molecular formula is C20H19N3O. The normalized spacial score (nSPS) is 24.5. The van der Waals surface area contributed by atoms with Crippen LogP contribution in [0.3, 0.4) is 0 Å². The van der Waals surface area contributed by atoms with E-state index in [1.54, 1.807) is 0 Å². The van der Waals surface area contributed by atoms with Crippen molar-refractivity contribution in [2.45, 2.75) is 37.0 Å². The third-order valence-electron chi connectivity index (χ3n) is 5.63. The topological polar surface area (TPSA) is 54.4 Å². The van der Waals surface area contributed by atoms with Gasteiger partial charge in [-0.2, -0.15) is 4.99 Å². The van der Waals surface area contributed by atoms with Crippen molar-refractivity contribution in [3.05, 3.63) is 64.5 Å². The summed E-state index contributed by atoms with van der Waals surface area (Å²) in [6, 6.07) is 12.5. The average Bonchev–Trinajstić information content (AvgIpc) is 3.40. The van der Waals surface area contributed by atoms with Crippen molar-refractivity contribution in [3.63, 3.8) is 0 Å². The summed E-state index contributed by atoms with van der Waals surface area (Å²) in [6.45, 7) is 0. The molecule has 1 spiro atoms. The molecule has 0 bridgehead atoms. The van der Waals surface area contributed by atoms with Gasteiger partial charge in [0, 0.05) is 24.2 Å². The molecule has 1 aromatic heterocycles. The largest absolute Gasteiger partial charge is 0.372 e. The number of hydrogen-bond acceptors (Lipinski definition) is 3. The van der Waals surface area contributed by atoms with Crippen molar-refractivity contribution in [1.82, 2.24) is 10.3 Å². The fourth-order valence-corrected chi connectivity index (χ4v) is 4.23. The molecule has 0 saturated heterocycles. The Kier molecular flexibility index (Phi) is 2.76. The Morgan fingerprint density at radius 1 is 1.17 bits per heavy atom. The zero-order chi connectivity index (χ0) is 16.3. The van der Waals surface area contributed by atoms with Crippen LogP contribution >= 0.6 is 0 Å². The number of carbonyl (C=O) groups excluding carboxylic acids is 1. The summed E-state index contributed by atoms with van der Waals surface area (Å²) in [7, 11) is 1.81. The van der Waals surface area contributed by atoms with Gasteiger partial charge < -0.3 is 5.32 Å². The monoisotopic (exact) mass is 317 g/mol. The molecule has 1 amide bonds. The van der Waals surface area contributed by atoms with Gasteiger partial charge in [0.05, 0.1) is 5.69 Å².